The molecule has 0 saturated carbocycles. The molecule has 128 valence electrons. The van der Waals surface area contributed by atoms with Gasteiger partial charge in [-0.2, -0.15) is 0 Å². The van der Waals surface area contributed by atoms with Gasteiger partial charge in [0, 0.05) is 16.0 Å². The van der Waals surface area contributed by atoms with Crippen molar-refractivity contribution in [1.82, 2.24) is 4.98 Å². The van der Waals surface area contributed by atoms with E-state index in [1.165, 1.54) is 11.3 Å². The average Bonchev–Trinajstić information content (AvgIpc) is 2.99. The van der Waals surface area contributed by atoms with Gasteiger partial charge in [0.25, 0.3) is 5.91 Å². The largest absolute Gasteiger partial charge is 0.397 e. The number of amides is 1. The van der Waals surface area contributed by atoms with Crippen molar-refractivity contribution in [2.45, 2.75) is 0 Å². The van der Waals surface area contributed by atoms with Crippen molar-refractivity contribution in [3.8, 4) is 22.4 Å². The zero-order valence-corrected chi connectivity index (χ0v) is 15.1. The molecular weight excluding hydrogens is 366 g/mol. The van der Waals surface area contributed by atoms with Crippen molar-refractivity contribution in [3.63, 3.8) is 0 Å². The molecule has 2 heterocycles. The van der Waals surface area contributed by atoms with Gasteiger partial charge in [-0.1, -0.05) is 54.1 Å². The van der Waals surface area contributed by atoms with Gasteiger partial charge >= 0.3 is 0 Å². The van der Waals surface area contributed by atoms with Gasteiger partial charge in [0.1, 0.15) is 9.71 Å². The lowest BCUT2D eigenvalue weighted by Crippen LogP contribution is -2.10. The van der Waals surface area contributed by atoms with Crippen LogP contribution < -0.4 is 11.5 Å². The summed E-state index contributed by atoms with van der Waals surface area (Å²) in [5.41, 5.74) is 15.7. The van der Waals surface area contributed by atoms with Crippen LogP contribution in [0.25, 0.3) is 32.6 Å². The lowest BCUT2D eigenvalue weighted by molar-refractivity contribution is 0.100. The number of fused-ring (bicyclic) bond motifs is 1. The first-order chi connectivity index (χ1) is 12.5. The first-order valence-corrected chi connectivity index (χ1v) is 9.08. The fourth-order valence-electron chi connectivity index (χ4n) is 2.92. The summed E-state index contributed by atoms with van der Waals surface area (Å²) in [4.78, 5) is 17.5. The van der Waals surface area contributed by atoms with Crippen LogP contribution in [-0.2, 0) is 0 Å². The van der Waals surface area contributed by atoms with E-state index in [1.807, 2.05) is 60.7 Å². The van der Waals surface area contributed by atoms with Gasteiger partial charge in [-0.25, -0.2) is 4.98 Å². The van der Waals surface area contributed by atoms with Crippen LogP contribution in [0.3, 0.4) is 0 Å². The number of aromatic nitrogens is 1. The number of primary amides is 1. The third-order valence-electron chi connectivity index (χ3n) is 4.15. The topological polar surface area (TPSA) is 82.0 Å². The van der Waals surface area contributed by atoms with E-state index in [1.54, 1.807) is 0 Å². The Kier molecular flexibility index (Phi) is 4.11. The Balaban J connectivity index is 2.04. The molecule has 0 aliphatic rings. The molecule has 4 rings (SSSR count). The summed E-state index contributed by atoms with van der Waals surface area (Å²) in [6.45, 7) is 0. The molecule has 6 heteroatoms. The van der Waals surface area contributed by atoms with E-state index < -0.39 is 5.91 Å². The molecule has 0 spiro atoms. The van der Waals surface area contributed by atoms with Crippen molar-refractivity contribution in [2.24, 2.45) is 5.73 Å². The molecule has 0 aliphatic carbocycles. The Morgan fingerprint density at radius 2 is 1.69 bits per heavy atom. The number of carbonyl (C=O) groups is 1. The highest BCUT2D eigenvalue weighted by Crippen LogP contribution is 2.41. The standard InChI is InChI=1S/C20H14ClN3OS/c21-13-8-6-12(7-9-13)15-10-14(11-4-2-1-3-5-11)16-17(22)18(19(23)25)26-20(16)24-15/h1-10H,22H2,(H2,23,25). The molecule has 0 radical (unpaired) electrons. The van der Waals surface area contributed by atoms with Crippen molar-refractivity contribution < 1.29 is 4.79 Å². The van der Waals surface area contributed by atoms with E-state index >= 15 is 0 Å². The molecule has 4 N–H and O–H groups in total. The summed E-state index contributed by atoms with van der Waals surface area (Å²) >= 11 is 7.21. The Labute approximate surface area is 159 Å². The molecule has 4 aromatic rings. The Morgan fingerprint density at radius 3 is 2.35 bits per heavy atom. The predicted molar refractivity (Wildman–Crippen MR) is 108 cm³/mol. The molecule has 0 saturated heterocycles. The van der Waals surface area contributed by atoms with Crippen molar-refractivity contribution in [2.75, 3.05) is 5.73 Å². The lowest BCUT2D eigenvalue weighted by Gasteiger charge is -2.09. The van der Waals surface area contributed by atoms with Crippen molar-refractivity contribution in [1.29, 1.82) is 0 Å². The number of benzene rings is 2. The van der Waals surface area contributed by atoms with Crippen LogP contribution in [0, 0.1) is 0 Å². The van der Waals surface area contributed by atoms with Crippen LogP contribution in [0.2, 0.25) is 5.02 Å². The summed E-state index contributed by atoms with van der Waals surface area (Å²) in [5.74, 6) is -0.544. The smallest absolute Gasteiger partial charge is 0.260 e. The van der Waals surface area contributed by atoms with Gasteiger partial charge in [-0.3, -0.25) is 4.79 Å². The molecule has 2 aromatic heterocycles. The summed E-state index contributed by atoms with van der Waals surface area (Å²) in [6.07, 6.45) is 0. The zero-order valence-electron chi connectivity index (χ0n) is 13.6. The van der Waals surface area contributed by atoms with Crippen molar-refractivity contribution >= 4 is 44.7 Å². The van der Waals surface area contributed by atoms with Gasteiger partial charge in [-0.15, -0.1) is 11.3 Å². The number of pyridine rings is 1. The maximum atomic E-state index is 11.7. The predicted octanol–water partition coefficient (Wildman–Crippen LogP) is 4.96. The molecule has 1 amide bonds. The van der Waals surface area contributed by atoms with Gasteiger partial charge < -0.3 is 11.5 Å². The highest BCUT2D eigenvalue weighted by molar-refractivity contribution is 7.21. The van der Waals surface area contributed by atoms with Crippen LogP contribution in [0.5, 0.6) is 0 Å². The van der Waals surface area contributed by atoms with Gasteiger partial charge in [0.2, 0.25) is 0 Å². The monoisotopic (exact) mass is 379 g/mol. The first-order valence-electron chi connectivity index (χ1n) is 7.89. The quantitative estimate of drug-likeness (QED) is 0.527. The van der Waals surface area contributed by atoms with Gasteiger partial charge in [0.05, 0.1) is 11.4 Å². The second-order valence-electron chi connectivity index (χ2n) is 5.82. The van der Waals surface area contributed by atoms with Crippen LogP contribution in [0.4, 0.5) is 5.69 Å². The number of hydrogen-bond donors (Lipinski definition) is 2. The van der Waals surface area contributed by atoms with E-state index in [9.17, 15) is 4.79 Å². The van der Waals surface area contributed by atoms with Gasteiger partial charge in [-0.05, 0) is 29.3 Å². The Morgan fingerprint density at radius 1 is 1.00 bits per heavy atom. The van der Waals surface area contributed by atoms with E-state index in [-0.39, 0.29) is 0 Å². The number of thiophene rings is 1. The number of nitrogens with zero attached hydrogens (tertiary/aromatic N) is 1. The number of anilines is 1. The van der Waals surface area contributed by atoms with Crippen molar-refractivity contribution in [3.05, 3.63) is 70.6 Å². The lowest BCUT2D eigenvalue weighted by atomic mass is 9.99. The molecule has 2 aromatic carbocycles. The summed E-state index contributed by atoms with van der Waals surface area (Å²) < 4.78 is 0. The Hall–Kier alpha value is -2.89. The van der Waals surface area contributed by atoms with E-state index in [0.717, 1.165) is 27.8 Å². The fourth-order valence-corrected chi connectivity index (χ4v) is 4.02. The highest BCUT2D eigenvalue weighted by atomic mass is 35.5. The first kappa shape index (κ1) is 16.6. The molecule has 0 unspecified atom stereocenters. The van der Waals surface area contributed by atoms with E-state index in [0.29, 0.717) is 20.4 Å². The number of hydrogen-bond acceptors (Lipinski definition) is 4. The maximum absolute atomic E-state index is 11.7. The number of carbonyl (C=O) groups excluding carboxylic acids is 1. The minimum atomic E-state index is -0.544. The minimum Gasteiger partial charge on any atom is -0.397 e. The van der Waals surface area contributed by atoms with Crippen LogP contribution >= 0.6 is 22.9 Å². The fraction of sp³-hybridized carbons (Fsp3) is 0. The van der Waals surface area contributed by atoms with Crippen LogP contribution in [-0.4, -0.2) is 10.9 Å². The van der Waals surface area contributed by atoms with E-state index in [2.05, 4.69) is 0 Å². The zero-order chi connectivity index (χ0) is 18.3. The van der Waals surface area contributed by atoms with Crippen LogP contribution in [0.15, 0.2) is 60.7 Å². The molecule has 4 nitrogen and oxygen atoms in total. The number of rotatable bonds is 3. The summed E-state index contributed by atoms with van der Waals surface area (Å²) in [5, 5.41) is 1.42. The summed E-state index contributed by atoms with van der Waals surface area (Å²) in [7, 11) is 0. The molecule has 0 aliphatic heterocycles. The number of halogens is 1. The highest BCUT2D eigenvalue weighted by Gasteiger charge is 2.20. The molecule has 0 atom stereocenters. The third-order valence-corrected chi connectivity index (χ3v) is 5.51. The molecule has 0 bridgehead atoms. The molecule has 26 heavy (non-hydrogen) atoms. The number of nitrogens with two attached hydrogens (primary N) is 2. The second kappa shape index (κ2) is 6.44. The number of nitrogen functional groups attached to an aromatic ring is 1. The van der Waals surface area contributed by atoms with E-state index in [4.69, 9.17) is 28.1 Å². The molecular formula is C20H14ClN3OS. The third kappa shape index (κ3) is 2.81. The summed E-state index contributed by atoms with van der Waals surface area (Å²) in [6, 6.07) is 19.3. The Bertz CT molecular complexity index is 1120. The second-order valence-corrected chi connectivity index (χ2v) is 7.25. The normalized spacial score (nSPS) is 11.0. The van der Waals surface area contributed by atoms with Crippen LogP contribution in [0.1, 0.15) is 9.67 Å². The average molecular weight is 380 g/mol. The maximum Gasteiger partial charge on any atom is 0.260 e. The molecule has 0 fully saturated rings. The SMILES string of the molecule is NC(=O)c1sc2nc(-c3ccc(Cl)cc3)cc(-c3ccccc3)c2c1N. The minimum absolute atomic E-state index is 0.331. The van der Waals surface area contributed by atoms with Gasteiger partial charge in [0.15, 0.2) is 0 Å².